The van der Waals surface area contributed by atoms with Crippen molar-refractivity contribution in [3.8, 4) is 0 Å². The van der Waals surface area contributed by atoms with E-state index in [-0.39, 0.29) is 17.0 Å². The molecule has 0 saturated heterocycles. The number of benzene rings is 3. The predicted molar refractivity (Wildman–Crippen MR) is 116 cm³/mol. The van der Waals surface area contributed by atoms with E-state index in [1.54, 1.807) is 24.3 Å². The lowest BCUT2D eigenvalue weighted by molar-refractivity contribution is 0.529. The summed E-state index contributed by atoms with van der Waals surface area (Å²) >= 11 is 3.53. The van der Waals surface area contributed by atoms with Crippen molar-refractivity contribution in [1.29, 1.82) is 0 Å². The van der Waals surface area contributed by atoms with Gasteiger partial charge in [0.15, 0.2) is 0 Å². The second-order valence-electron chi connectivity index (χ2n) is 7.03. The van der Waals surface area contributed by atoms with Crippen LogP contribution >= 0.6 is 15.9 Å². The number of halogens is 1. The van der Waals surface area contributed by atoms with E-state index < -0.39 is 10.0 Å². The fourth-order valence-corrected chi connectivity index (χ4v) is 5.18. The Bertz CT molecular complexity index is 1100. The third-order valence-electron chi connectivity index (χ3n) is 5.07. The Morgan fingerprint density at radius 2 is 1.68 bits per heavy atom. The SMILES string of the molecule is Cc1cc(N[C@@H]2c3ccccc3C[C@H]2NS(=O)(=O)c2ccccc2)ccc1Br. The largest absolute Gasteiger partial charge is 0.377 e. The Kier molecular flexibility index (Phi) is 5.27. The van der Waals surface area contributed by atoms with Gasteiger partial charge in [0, 0.05) is 10.2 Å². The average Bonchev–Trinajstić information content (AvgIpc) is 3.02. The molecule has 0 heterocycles. The first-order chi connectivity index (χ1) is 13.4. The first-order valence-electron chi connectivity index (χ1n) is 9.12. The second kappa shape index (κ2) is 7.70. The zero-order valence-corrected chi connectivity index (χ0v) is 17.8. The van der Waals surface area contributed by atoms with Crippen molar-refractivity contribution in [2.45, 2.75) is 30.3 Å². The van der Waals surface area contributed by atoms with Crippen molar-refractivity contribution >= 4 is 31.6 Å². The summed E-state index contributed by atoms with van der Waals surface area (Å²) in [5.74, 6) is 0. The van der Waals surface area contributed by atoms with Crippen LogP contribution in [0.3, 0.4) is 0 Å². The maximum Gasteiger partial charge on any atom is 0.240 e. The molecular weight excluding hydrogens is 436 g/mol. The second-order valence-corrected chi connectivity index (χ2v) is 9.60. The minimum absolute atomic E-state index is 0.143. The third kappa shape index (κ3) is 3.85. The molecule has 0 saturated carbocycles. The van der Waals surface area contributed by atoms with Crippen LogP contribution in [0.25, 0.3) is 0 Å². The molecule has 28 heavy (non-hydrogen) atoms. The van der Waals surface area contributed by atoms with E-state index in [1.807, 2.05) is 37.3 Å². The fraction of sp³-hybridized carbons (Fsp3) is 0.182. The number of sulfonamides is 1. The number of hydrogen-bond acceptors (Lipinski definition) is 3. The lowest BCUT2D eigenvalue weighted by Gasteiger charge is -2.24. The van der Waals surface area contributed by atoms with Gasteiger partial charge in [-0.15, -0.1) is 0 Å². The molecular formula is C22H21BrN2O2S. The summed E-state index contributed by atoms with van der Waals surface area (Å²) in [5.41, 5.74) is 4.38. The highest BCUT2D eigenvalue weighted by Gasteiger charge is 2.35. The van der Waals surface area contributed by atoms with E-state index in [1.165, 1.54) is 0 Å². The van der Waals surface area contributed by atoms with Crippen molar-refractivity contribution in [2.75, 3.05) is 5.32 Å². The van der Waals surface area contributed by atoms with Gasteiger partial charge < -0.3 is 5.32 Å². The molecule has 2 atom stereocenters. The molecule has 0 radical (unpaired) electrons. The van der Waals surface area contributed by atoms with Crippen molar-refractivity contribution in [2.24, 2.45) is 0 Å². The molecule has 1 aliphatic carbocycles. The van der Waals surface area contributed by atoms with Crippen LogP contribution in [0.5, 0.6) is 0 Å². The smallest absolute Gasteiger partial charge is 0.240 e. The van der Waals surface area contributed by atoms with Crippen LogP contribution in [0.15, 0.2) is 82.2 Å². The van der Waals surface area contributed by atoms with Crippen molar-refractivity contribution < 1.29 is 8.42 Å². The normalized spacial score (nSPS) is 18.6. The Balaban J connectivity index is 1.65. The van der Waals surface area contributed by atoms with Gasteiger partial charge in [0.25, 0.3) is 0 Å². The first-order valence-corrected chi connectivity index (χ1v) is 11.4. The van der Waals surface area contributed by atoms with Crippen LogP contribution in [-0.4, -0.2) is 14.5 Å². The molecule has 3 aromatic rings. The molecule has 0 unspecified atom stereocenters. The van der Waals surface area contributed by atoms with Gasteiger partial charge in [-0.1, -0.05) is 58.4 Å². The number of nitrogens with one attached hydrogen (secondary N) is 2. The minimum Gasteiger partial charge on any atom is -0.377 e. The topological polar surface area (TPSA) is 58.2 Å². The Morgan fingerprint density at radius 3 is 2.43 bits per heavy atom. The van der Waals surface area contributed by atoms with Crippen LogP contribution in [0.4, 0.5) is 5.69 Å². The average molecular weight is 457 g/mol. The molecule has 0 aliphatic heterocycles. The minimum atomic E-state index is -3.60. The summed E-state index contributed by atoms with van der Waals surface area (Å²) in [4.78, 5) is 0.282. The monoisotopic (exact) mass is 456 g/mol. The third-order valence-corrected chi connectivity index (χ3v) is 7.47. The molecule has 0 bridgehead atoms. The van der Waals surface area contributed by atoms with Gasteiger partial charge in [-0.25, -0.2) is 13.1 Å². The highest BCUT2D eigenvalue weighted by molar-refractivity contribution is 9.10. The Morgan fingerprint density at radius 1 is 0.964 bits per heavy atom. The Labute approximate surface area is 174 Å². The molecule has 4 rings (SSSR count). The molecule has 6 heteroatoms. The van der Waals surface area contributed by atoms with Crippen LogP contribution in [0.2, 0.25) is 0 Å². The first kappa shape index (κ1) is 19.2. The summed E-state index contributed by atoms with van der Waals surface area (Å²) in [7, 11) is -3.60. The molecule has 0 fully saturated rings. The van der Waals surface area contributed by atoms with E-state index >= 15 is 0 Å². The van der Waals surface area contributed by atoms with E-state index in [0.717, 1.165) is 26.9 Å². The highest BCUT2D eigenvalue weighted by Crippen LogP contribution is 2.35. The van der Waals surface area contributed by atoms with Gasteiger partial charge in [0.2, 0.25) is 10.0 Å². The summed E-state index contributed by atoms with van der Waals surface area (Å²) < 4.78 is 29.7. The van der Waals surface area contributed by atoms with E-state index in [4.69, 9.17) is 0 Å². The lowest BCUT2D eigenvalue weighted by Crippen LogP contribution is -2.40. The van der Waals surface area contributed by atoms with Crippen LogP contribution in [0.1, 0.15) is 22.7 Å². The molecule has 144 valence electrons. The van der Waals surface area contributed by atoms with Crippen LogP contribution < -0.4 is 10.0 Å². The summed E-state index contributed by atoms with van der Waals surface area (Å²) in [5, 5.41) is 3.54. The maximum absolute atomic E-state index is 12.9. The van der Waals surface area contributed by atoms with E-state index in [9.17, 15) is 8.42 Å². The summed E-state index contributed by atoms with van der Waals surface area (Å²) in [6.07, 6.45) is 0.648. The molecule has 0 spiro atoms. The van der Waals surface area contributed by atoms with Gasteiger partial charge in [0.05, 0.1) is 17.0 Å². The highest BCUT2D eigenvalue weighted by atomic mass is 79.9. The van der Waals surface area contributed by atoms with Gasteiger partial charge in [-0.05, 0) is 60.4 Å². The lowest BCUT2D eigenvalue weighted by atomic mass is 10.1. The van der Waals surface area contributed by atoms with Crippen molar-refractivity contribution in [3.05, 3.63) is 94.0 Å². The number of fused-ring (bicyclic) bond motifs is 1. The maximum atomic E-state index is 12.9. The molecule has 1 aliphatic rings. The number of anilines is 1. The zero-order valence-electron chi connectivity index (χ0n) is 15.4. The van der Waals surface area contributed by atoms with Gasteiger partial charge >= 0.3 is 0 Å². The number of aryl methyl sites for hydroxylation is 1. The summed E-state index contributed by atoms with van der Waals surface area (Å²) in [6.45, 7) is 2.04. The van der Waals surface area contributed by atoms with Crippen LogP contribution in [0, 0.1) is 6.92 Å². The van der Waals surface area contributed by atoms with Crippen molar-refractivity contribution in [3.63, 3.8) is 0 Å². The van der Waals surface area contributed by atoms with Crippen molar-refractivity contribution in [1.82, 2.24) is 4.72 Å². The van der Waals surface area contributed by atoms with Gasteiger partial charge in [-0.3, -0.25) is 0 Å². The van der Waals surface area contributed by atoms with Gasteiger partial charge in [0.1, 0.15) is 0 Å². The quantitative estimate of drug-likeness (QED) is 0.578. The molecule has 4 nitrogen and oxygen atoms in total. The van der Waals surface area contributed by atoms with E-state index in [2.05, 4.69) is 44.2 Å². The standard InChI is InChI=1S/C22H21BrN2O2S/c1-15-13-17(11-12-20(15)23)24-22-19-10-6-5-7-16(19)14-21(22)25-28(26,27)18-8-3-2-4-9-18/h2-13,21-22,24-25H,14H2,1H3/t21-,22-/m1/s1. The van der Waals surface area contributed by atoms with Crippen LogP contribution in [-0.2, 0) is 16.4 Å². The summed E-state index contributed by atoms with van der Waals surface area (Å²) in [6, 6.07) is 22.3. The van der Waals surface area contributed by atoms with E-state index in [0.29, 0.717) is 6.42 Å². The molecule has 2 N–H and O–H groups in total. The van der Waals surface area contributed by atoms with Gasteiger partial charge in [-0.2, -0.15) is 0 Å². The molecule has 0 aromatic heterocycles. The molecule has 3 aromatic carbocycles. The predicted octanol–water partition coefficient (Wildman–Crippen LogP) is 4.81. The number of rotatable bonds is 5. The molecule has 0 amide bonds. The zero-order chi connectivity index (χ0) is 19.7. The number of hydrogen-bond donors (Lipinski definition) is 2. The Hall–Kier alpha value is -2.15. The fourth-order valence-electron chi connectivity index (χ4n) is 3.66.